The Balaban J connectivity index is 1.12. The van der Waals surface area contributed by atoms with Crippen molar-refractivity contribution in [2.75, 3.05) is 0 Å². The summed E-state index contributed by atoms with van der Waals surface area (Å²) in [5, 5.41) is 6.07. The van der Waals surface area contributed by atoms with Crippen LogP contribution >= 0.6 is 11.3 Å². The molecule has 10 rings (SSSR count). The monoisotopic (exact) mass is 668 g/mol. The average molecular weight is 669 g/mol. The Morgan fingerprint density at radius 2 is 0.922 bits per heavy atom. The van der Waals surface area contributed by atoms with E-state index in [4.69, 9.17) is 19.9 Å². The molecule has 3 heterocycles. The van der Waals surface area contributed by atoms with E-state index >= 15 is 0 Å². The van der Waals surface area contributed by atoms with Crippen LogP contribution in [-0.4, -0.2) is 19.9 Å². The Hall–Kier alpha value is -6.56. The Labute approximate surface area is 298 Å². The third-order valence-electron chi connectivity index (χ3n) is 9.52. The molecule has 0 amide bonds. The molecule has 0 aliphatic carbocycles. The lowest BCUT2D eigenvalue weighted by Gasteiger charge is -2.12. The fraction of sp³-hybridized carbons (Fsp3) is 0. The van der Waals surface area contributed by atoms with Crippen molar-refractivity contribution < 1.29 is 0 Å². The fourth-order valence-electron chi connectivity index (χ4n) is 7.03. The average Bonchev–Trinajstić information content (AvgIpc) is 3.61. The van der Waals surface area contributed by atoms with Gasteiger partial charge in [-0.05, 0) is 40.1 Å². The molecule has 3 aromatic heterocycles. The summed E-state index contributed by atoms with van der Waals surface area (Å²) in [6, 6.07) is 59.1. The molecule has 0 spiro atoms. The first-order valence-corrected chi connectivity index (χ1v) is 17.8. The van der Waals surface area contributed by atoms with Gasteiger partial charge in [0.2, 0.25) is 0 Å². The summed E-state index contributed by atoms with van der Waals surface area (Å²) in [6.45, 7) is 0. The number of thiophene rings is 1. The predicted octanol–water partition coefficient (Wildman–Crippen LogP) is 12.3. The van der Waals surface area contributed by atoms with Gasteiger partial charge < -0.3 is 0 Å². The van der Waals surface area contributed by atoms with Gasteiger partial charge >= 0.3 is 0 Å². The minimum atomic E-state index is 0.632. The van der Waals surface area contributed by atoms with Crippen LogP contribution in [0.25, 0.3) is 98.4 Å². The first-order chi connectivity index (χ1) is 25.3. The lowest BCUT2D eigenvalue weighted by molar-refractivity contribution is 1.07. The van der Waals surface area contributed by atoms with E-state index in [1.54, 1.807) is 0 Å². The van der Waals surface area contributed by atoms with Crippen molar-refractivity contribution in [3.05, 3.63) is 170 Å². The van der Waals surface area contributed by atoms with Gasteiger partial charge in [-0.15, -0.1) is 11.3 Å². The van der Waals surface area contributed by atoms with E-state index in [2.05, 4.69) is 109 Å². The molecule has 238 valence electrons. The number of rotatable bonds is 5. The molecular formula is C46H28N4S. The van der Waals surface area contributed by atoms with Crippen LogP contribution in [0.3, 0.4) is 0 Å². The largest absolute Gasteiger partial charge is 0.247 e. The van der Waals surface area contributed by atoms with Crippen LogP contribution in [0.5, 0.6) is 0 Å². The van der Waals surface area contributed by atoms with E-state index < -0.39 is 0 Å². The van der Waals surface area contributed by atoms with Crippen LogP contribution < -0.4 is 0 Å². The summed E-state index contributed by atoms with van der Waals surface area (Å²) < 4.78 is 2.50. The molecule has 0 radical (unpaired) electrons. The third kappa shape index (κ3) is 5.14. The molecule has 51 heavy (non-hydrogen) atoms. The quantitative estimate of drug-likeness (QED) is 0.183. The van der Waals surface area contributed by atoms with Crippen molar-refractivity contribution in [2.45, 2.75) is 0 Å². The van der Waals surface area contributed by atoms with Gasteiger partial charge in [-0.25, -0.2) is 19.9 Å². The molecule has 0 aliphatic rings. The lowest BCUT2D eigenvalue weighted by Crippen LogP contribution is -2.00. The second-order valence-electron chi connectivity index (χ2n) is 12.6. The highest BCUT2D eigenvalue weighted by molar-refractivity contribution is 7.26. The van der Waals surface area contributed by atoms with Crippen molar-refractivity contribution >= 4 is 53.2 Å². The zero-order valence-electron chi connectivity index (χ0n) is 27.4. The maximum atomic E-state index is 5.37. The standard InChI is InChI=1S/C46H28N4S/c1-3-13-31(14-4-1)44-48-45(32-15-5-2-6-16-32)50-46(49-44)33-24-22-30(23-25-33)42-41-37-19-9-10-21-40(37)51-43(41)38-28-34(26-27-39(38)47-42)36-20-11-17-29-12-7-8-18-35(29)36/h1-28H. The summed E-state index contributed by atoms with van der Waals surface area (Å²) in [6.07, 6.45) is 0. The minimum absolute atomic E-state index is 0.632. The smallest absolute Gasteiger partial charge is 0.164 e. The summed E-state index contributed by atoms with van der Waals surface area (Å²) in [7, 11) is 0. The van der Waals surface area contributed by atoms with E-state index in [9.17, 15) is 0 Å². The topological polar surface area (TPSA) is 51.6 Å². The van der Waals surface area contributed by atoms with Crippen LogP contribution in [0.1, 0.15) is 0 Å². The molecule has 7 aromatic carbocycles. The molecule has 0 saturated carbocycles. The Morgan fingerprint density at radius 3 is 1.63 bits per heavy atom. The second kappa shape index (κ2) is 12.1. The van der Waals surface area contributed by atoms with Gasteiger partial charge in [-0.2, -0.15) is 0 Å². The van der Waals surface area contributed by atoms with Gasteiger partial charge in [-0.1, -0.05) is 152 Å². The van der Waals surface area contributed by atoms with Crippen molar-refractivity contribution in [3.63, 3.8) is 0 Å². The molecule has 0 saturated heterocycles. The summed E-state index contributed by atoms with van der Waals surface area (Å²) in [5.41, 5.74) is 8.25. The molecule has 0 atom stereocenters. The number of nitrogens with zero attached hydrogens (tertiary/aromatic N) is 4. The van der Waals surface area contributed by atoms with Gasteiger partial charge in [-0.3, -0.25) is 0 Å². The SMILES string of the molecule is c1ccc(-c2nc(-c3ccccc3)nc(-c3ccc(-c4nc5ccc(-c6cccc7ccccc67)cc5c5sc6ccccc6c45)cc3)n2)cc1. The maximum absolute atomic E-state index is 5.37. The molecular weight excluding hydrogens is 641 g/mol. The number of fused-ring (bicyclic) bond motifs is 6. The van der Waals surface area contributed by atoms with Crippen LogP contribution in [0.15, 0.2) is 170 Å². The van der Waals surface area contributed by atoms with E-state index in [1.165, 1.54) is 47.5 Å². The van der Waals surface area contributed by atoms with E-state index in [0.717, 1.165) is 33.5 Å². The first-order valence-electron chi connectivity index (χ1n) is 17.0. The number of hydrogen-bond donors (Lipinski definition) is 0. The number of benzene rings is 7. The molecule has 4 nitrogen and oxygen atoms in total. The van der Waals surface area contributed by atoms with Gasteiger partial charge in [0.1, 0.15) is 0 Å². The molecule has 5 heteroatoms. The van der Waals surface area contributed by atoms with E-state index in [-0.39, 0.29) is 0 Å². The molecule has 0 bridgehead atoms. The highest BCUT2D eigenvalue weighted by atomic mass is 32.1. The van der Waals surface area contributed by atoms with Crippen LogP contribution in [-0.2, 0) is 0 Å². The van der Waals surface area contributed by atoms with Gasteiger partial charge in [0.15, 0.2) is 17.5 Å². The lowest BCUT2D eigenvalue weighted by atomic mass is 9.96. The molecule has 10 aromatic rings. The Bertz CT molecular complexity index is 2840. The Morgan fingerprint density at radius 1 is 0.373 bits per heavy atom. The predicted molar refractivity (Wildman–Crippen MR) is 213 cm³/mol. The molecule has 0 fully saturated rings. The normalized spacial score (nSPS) is 11.5. The highest BCUT2D eigenvalue weighted by Gasteiger charge is 2.18. The van der Waals surface area contributed by atoms with Gasteiger partial charge in [0.05, 0.1) is 11.2 Å². The minimum Gasteiger partial charge on any atom is -0.247 e. The van der Waals surface area contributed by atoms with Crippen molar-refractivity contribution in [1.82, 2.24) is 19.9 Å². The molecule has 0 aliphatic heterocycles. The van der Waals surface area contributed by atoms with Crippen molar-refractivity contribution in [1.29, 1.82) is 0 Å². The number of aromatic nitrogens is 4. The van der Waals surface area contributed by atoms with Crippen molar-refractivity contribution in [2.24, 2.45) is 0 Å². The van der Waals surface area contributed by atoms with Crippen LogP contribution in [0.4, 0.5) is 0 Å². The zero-order valence-corrected chi connectivity index (χ0v) is 28.2. The van der Waals surface area contributed by atoms with Gasteiger partial charge in [0, 0.05) is 47.8 Å². The summed E-state index contributed by atoms with van der Waals surface area (Å²) in [5.74, 6) is 1.93. The first kappa shape index (κ1) is 29.4. The zero-order chi connectivity index (χ0) is 33.7. The van der Waals surface area contributed by atoms with E-state index in [1.807, 2.05) is 72.0 Å². The fourth-order valence-corrected chi connectivity index (χ4v) is 8.26. The highest BCUT2D eigenvalue weighted by Crippen LogP contribution is 2.44. The Kier molecular flexibility index (Phi) is 6.96. The number of pyridine rings is 1. The van der Waals surface area contributed by atoms with Crippen molar-refractivity contribution in [3.8, 4) is 56.5 Å². The van der Waals surface area contributed by atoms with Crippen LogP contribution in [0, 0.1) is 0 Å². The van der Waals surface area contributed by atoms with E-state index in [0.29, 0.717) is 17.5 Å². The van der Waals surface area contributed by atoms with Gasteiger partial charge in [0.25, 0.3) is 0 Å². The third-order valence-corrected chi connectivity index (χ3v) is 10.7. The summed E-state index contributed by atoms with van der Waals surface area (Å²) in [4.78, 5) is 20.1. The number of hydrogen-bond acceptors (Lipinski definition) is 5. The molecule has 0 unspecified atom stereocenters. The van der Waals surface area contributed by atoms with Crippen LogP contribution in [0.2, 0.25) is 0 Å². The second-order valence-corrected chi connectivity index (χ2v) is 13.7. The summed E-state index contributed by atoms with van der Waals surface area (Å²) >= 11 is 1.84. The maximum Gasteiger partial charge on any atom is 0.164 e. The molecule has 0 N–H and O–H groups in total.